The van der Waals surface area contributed by atoms with Gasteiger partial charge in [-0.1, -0.05) is 36.4 Å². The Labute approximate surface area is 244 Å². The van der Waals surface area contributed by atoms with Crippen LogP contribution in [0.25, 0.3) is 0 Å². The summed E-state index contributed by atoms with van der Waals surface area (Å²) in [5, 5.41) is 0. The Morgan fingerprint density at radius 2 is 0.927 bits per heavy atom. The number of hydrogen-bond acceptors (Lipinski definition) is 7. The highest BCUT2D eigenvalue weighted by atomic mass is 16.7. The van der Waals surface area contributed by atoms with Crippen LogP contribution in [0.4, 0.5) is 0 Å². The lowest BCUT2D eigenvalue weighted by Gasteiger charge is -2.32. The van der Waals surface area contributed by atoms with Gasteiger partial charge in [-0.25, -0.2) is 0 Å². The van der Waals surface area contributed by atoms with Gasteiger partial charge in [-0.05, 0) is 103 Å². The minimum Gasteiger partial charge on any atom is -0.497 e. The highest BCUT2D eigenvalue weighted by molar-refractivity contribution is 6.62. The molecule has 41 heavy (non-hydrogen) atoms. The zero-order valence-corrected chi connectivity index (χ0v) is 25.5. The van der Waals surface area contributed by atoms with Gasteiger partial charge in [-0.3, -0.25) is 0 Å². The molecule has 2 saturated heterocycles. The first-order chi connectivity index (χ1) is 19.2. The van der Waals surface area contributed by atoms with Crippen LogP contribution in [0.1, 0.15) is 67.2 Å². The van der Waals surface area contributed by atoms with E-state index in [0.717, 1.165) is 16.5 Å². The van der Waals surface area contributed by atoms with Gasteiger partial charge in [0.2, 0.25) is 0 Å². The molecule has 0 saturated carbocycles. The second-order valence-electron chi connectivity index (χ2n) is 12.7. The molecule has 3 aromatic carbocycles. The topological polar surface area (TPSA) is 64.6 Å². The molecule has 2 aliphatic rings. The van der Waals surface area contributed by atoms with Crippen molar-refractivity contribution in [1.82, 2.24) is 0 Å². The molecule has 9 heteroatoms. The maximum Gasteiger partial charge on any atom is 0.494 e. The summed E-state index contributed by atoms with van der Waals surface area (Å²) >= 11 is 0. The van der Waals surface area contributed by atoms with Crippen molar-refractivity contribution in [2.75, 3.05) is 7.11 Å². The third-order valence-electron chi connectivity index (χ3n) is 8.66. The van der Waals surface area contributed by atoms with Crippen molar-refractivity contribution in [3.8, 4) is 17.2 Å². The Hall–Kier alpha value is -2.97. The van der Waals surface area contributed by atoms with Crippen molar-refractivity contribution in [3.05, 3.63) is 78.4 Å². The van der Waals surface area contributed by atoms with Gasteiger partial charge in [-0.2, -0.15) is 0 Å². The monoisotopic (exact) mass is 558 g/mol. The smallest absolute Gasteiger partial charge is 0.494 e. The first-order valence-electron chi connectivity index (χ1n) is 14.1. The normalized spacial score (nSPS) is 20.3. The SMILES string of the molecule is COc1cccc(C(Oc2ccc(B3OC(C)(C)C(C)(C)O3)cc2)Oc2ccc(B3OC(C)(C)C(C)(C)O3)cc2)c1. The molecule has 0 radical (unpaired) electrons. The van der Waals surface area contributed by atoms with Crippen LogP contribution in [0.15, 0.2) is 72.8 Å². The second-order valence-corrected chi connectivity index (χ2v) is 12.7. The van der Waals surface area contributed by atoms with Crippen LogP contribution in [0.3, 0.4) is 0 Å². The Balaban J connectivity index is 1.34. The fourth-order valence-electron chi connectivity index (χ4n) is 4.56. The van der Waals surface area contributed by atoms with Crippen molar-refractivity contribution >= 4 is 25.2 Å². The zero-order valence-electron chi connectivity index (χ0n) is 25.5. The van der Waals surface area contributed by atoms with Gasteiger partial charge in [0.05, 0.1) is 29.5 Å². The molecule has 2 fully saturated rings. The van der Waals surface area contributed by atoms with Crippen LogP contribution in [0.5, 0.6) is 17.2 Å². The van der Waals surface area contributed by atoms with E-state index in [0.29, 0.717) is 17.2 Å². The number of rotatable bonds is 8. The van der Waals surface area contributed by atoms with E-state index in [1.165, 1.54) is 0 Å². The molecule has 2 heterocycles. The quantitative estimate of drug-likeness (QED) is 0.269. The minimum atomic E-state index is -0.726. The van der Waals surface area contributed by atoms with Crippen molar-refractivity contribution in [1.29, 1.82) is 0 Å². The fourth-order valence-corrected chi connectivity index (χ4v) is 4.56. The summed E-state index contributed by atoms with van der Waals surface area (Å²) in [5.74, 6) is 2.01. The summed E-state index contributed by atoms with van der Waals surface area (Å²) in [4.78, 5) is 0. The average molecular weight is 558 g/mol. The van der Waals surface area contributed by atoms with E-state index in [2.05, 4.69) is 0 Å². The van der Waals surface area contributed by atoms with Crippen LogP contribution in [-0.4, -0.2) is 43.8 Å². The van der Waals surface area contributed by atoms with Gasteiger partial charge < -0.3 is 32.8 Å². The molecule has 7 nitrogen and oxygen atoms in total. The predicted octanol–water partition coefficient (Wildman–Crippen LogP) is 5.45. The van der Waals surface area contributed by atoms with Crippen LogP contribution in [0.2, 0.25) is 0 Å². The summed E-state index contributed by atoms with van der Waals surface area (Å²) in [5.41, 5.74) is 1.04. The number of ether oxygens (including phenoxy) is 3. The molecular formula is C32H40B2O7. The van der Waals surface area contributed by atoms with Crippen LogP contribution in [-0.2, 0) is 18.6 Å². The molecule has 3 aromatic rings. The summed E-state index contributed by atoms with van der Waals surface area (Å²) in [6.45, 7) is 16.4. The molecular weight excluding hydrogens is 518 g/mol. The summed E-state index contributed by atoms with van der Waals surface area (Å²) in [7, 11) is 0.752. The lowest BCUT2D eigenvalue weighted by atomic mass is 9.79. The van der Waals surface area contributed by atoms with Crippen molar-refractivity contribution < 1.29 is 32.8 Å². The lowest BCUT2D eigenvalue weighted by Crippen LogP contribution is -2.41. The Kier molecular flexibility index (Phi) is 7.70. The number of hydrogen-bond donors (Lipinski definition) is 0. The summed E-state index contributed by atoms with van der Waals surface area (Å²) in [6, 6.07) is 23.1. The van der Waals surface area contributed by atoms with Gasteiger partial charge in [-0.15, -0.1) is 0 Å². The lowest BCUT2D eigenvalue weighted by molar-refractivity contribution is 0.00370. The molecule has 0 bridgehead atoms. The Bertz CT molecular complexity index is 1240. The van der Waals surface area contributed by atoms with Gasteiger partial charge >= 0.3 is 14.2 Å². The molecule has 0 aromatic heterocycles. The number of benzene rings is 3. The van der Waals surface area contributed by atoms with Crippen molar-refractivity contribution in [2.45, 2.75) is 84.1 Å². The van der Waals surface area contributed by atoms with E-state index in [4.69, 9.17) is 32.8 Å². The third kappa shape index (κ3) is 6.00. The van der Waals surface area contributed by atoms with E-state index < -0.39 is 42.9 Å². The minimum absolute atomic E-state index is 0.407. The van der Waals surface area contributed by atoms with Crippen molar-refractivity contribution in [2.24, 2.45) is 0 Å². The molecule has 5 rings (SSSR count). The largest absolute Gasteiger partial charge is 0.497 e. The van der Waals surface area contributed by atoms with Gasteiger partial charge in [0, 0.05) is 5.56 Å². The molecule has 0 unspecified atom stereocenters. The van der Waals surface area contributed by atoms with Gasteiger partial charge in [0.25, 0.3) is 6.29 Å². The maximum absolute atomic E-state index is 6.38. The molecule has 2 aliphatic heterocycles. The molecule has 216 valence electrons. The number of methoxy groups -OCH3 is 1. The summed E-state index contributed by atoms with van der Waals surface area (Å²) in [6.07, 6.45) is -0.726. The van der Waals surface area contributed by atoms with E-state index >= 15 is 0 Å². The first-order valence-corrected chi connectivity index (χ1v) is 14.1. The standard InChI is InChI=1S/C32H40B2O7/c1-29(2)30(3,4)39-33(38-29)23-13-17-25(18-14-23)36-28(22-11-10-12-27(21-22)35-9)37-26-19-15-24(16-20-26)34-40-31(5,6)32(7,8)41-34/h10-21,28H,1-9H3. The van der Waals surface area contributed by atoms with E-state index in [9.17, 15) is 0 Å². The van der Waals surface area contributed by atoms with Crippen LogP contribution in [0, 0.1) is 0 Å². The molecule has 0 amide bonds. The molecule has 0 atom stereocenters. The van der Waals surface area contributed by atoms with Gasteiger partial charge in [0.1, 0.15) is 17.2 Å². The highest BCUT2D eigenvalue weighted by Gasteiger charge is 2.52. The van der Waals surface area contributed by atoms with Crippen LogP contribution >= 0.6 is 0 Å². The fraction of sp³-hybridized carbons (Fsp3) is 0.438. The van der Waals surface area contributed by atoms with Gasteiger partial charge in [0.15, 0.2) is 0 Å². The third-order valence-corrected chi connectivity index (χ3v) is 8.66. The Morgan fingerprint density at radius 1 is 0.537 bits per heavy atom. The van der Waals surface area contributed by atoms with E-state index in [1.54, 1.807) is 7.11 Å². The Morgan fingerprint density at radius 3 is 1.29 bits per heavy atom. The van der Waals surface area contributed by atoms with E-state index in [-0.39, 0.29) is 0 Å². The maximum atomic E-state index is 6.38. The predicted molar refractivity (Wildman–Crippen MR) is 161 cm³/mol. The molecule has 0 spiro atoms. The van der Waals surface area contributed by atoms with Crippen molar-refractivity contribution in [3.63, 3.8) is 0 Å². The van der Waals surface area contributed by atoms with E-state index in [1.807, 2.05) is 128 Å². The van der Waals surface area contributed by atoms with Crippen LogP contribution < -0.4 is 25.1 Å². The zero-order chi connectivity index (χ0) is 29.6. The molecule has 0 N–H and O–H groups in total. The molecule has 0 aliphatic carbocycles. The highest BCUT2D eigenvalue weighted by Crippen LogP contribution is 2.38. The average Bonchev–Trinajstić information content (AvgIpc) is 3.28. The summed E-state index contributed by atoms with van der Waals surface area (Å²) < 4.78 is 43.0. The first kappa shape index (κ1) is 29.5. The second kappa shape index (κ2) is 10.7.